The Balaban J connectivity index is 2.01. The molecule has 1 fully saturated rings. The van der Waals surface area contributed by atoms with Crippen LogP contribution in [-0.4, -0.2) is 56.9 Å². The molecule has 1 heterocycles. The van der Waals surface area contributed by atoms with E-state index in [9.17, 15) is 18.6 Å². The Hall–Kier alpha value is -1.03. The average molecular weight is 318 g/mol. The van der Waals surface area contributed by atoms with Crippen LogP contribution < -0.4 is 0 Å². The molecule has 0 aromatic heterocycles. The third kappa shape index (κ3) is 3.60. The van der Waals surface area contributed by atoms with Crippen molar-refractivity contribution in [1.29, 1.82) is 0 Å². The monoisotopic (exact) mass is 318 g/mol. The molecular formula is C13H18O7S. The van der Waals surface area contributed by atoms with Crippen molar-refractivity contribution >= 4 is 10.1 Å². The van der Waals surface area contributed by atoms with Crippen LogP contribution in [0, 0.1) is 6.92 Å². The van der Waals surface area contributed by atoms with Gasteiger partial charge in [-0.3, -0.25) is 4.18 Å². The van der Waals surface area contributed by atoms with Crippen molar-refractivity contribution in [1.82, 2.24) is 0 Å². The summed E-state index contributed by atoms with van der Waals surface area (Å²) in [5, 5.41) is 19.3. The minimum absolute atomic E-state index is 0.0180. The minimum atomic E-state index is -3.94. The molecule has 0 amide bonds. The molecule has 0 saturated carbocycles. The molecule has 1 aliphatic rings. The molecule has 0 bridgehead atoms. The number of benzene rings is 1. The van der Waals surface area contributed by atoms with Crippen LogP contribution in [0.1, 0.15) is 5.56 Å². The van der Waals surface area contributed by atoms with Crippen LogP contribution in [0.2, 0.25) is 0 Å². The number of rotatable bonds is 5. The molecule has 0 aliphatic carbocycles. The van der Waals surface area contributed by atoms with E-state index in [2.05, 4.69) is 0 Å². The predicted octanol–water partition coefficient (Wildman–Crippen LogP) is -0.207. The lowest BCUT2D eigenvalue weighted by Crippen LogP contribution is -2.35. The van der Waals surface area contributed by atoms with E-state index >= 15 is 0 Å². The summed E-state index contributed by atoms with van der Waals surface area (Å²) in [5.41, 5.74) is 0.926. The number of aliphatic hydroxyl groups excluding tert-OH is 2. The lowest BCUT2D eigenvalue weighted by atomic mass is 10.1. The predicted molar refractivity (Wildman–Crippen MR) is 72.0 cm³/mol. The Kier molecular flexibility index (Phi) is 4.97. The van der Waals surface area contributed by atoms with E-state index < -0.39 is 41.3 Å². The highest BCUT2D eigenvalue weighted by atomic mass is 32.2. The van der Waals surface area contributed by atoms with Crippen LogP contribution in [0.4, 0.5) is 0 Å². The van der Waals surface area contributed by atoms with E-state index in [1.165, 1.54) is 19.2 Å². The number of hydrogen-bond donors (Lipinski definition) is 2. The van der Waals surface area contributed by atoms with Gasteiger partial charge in [-0.05, 0) is 19.1 Å². The van der Waals surface area contributed by atoms with Crippen LogP contribution in [0.5, 0.6) is 0 Å². The first-order chi connectivity index (χ1) is 9.85. The zero-order chi connectivity index (χ0) is 15.6. The van der Waals surface area contributed by atoms with Crippen LogP contribution in [0.25, 0.3) is 0 Å². The van der Waals surface area contributed by atoms with Crippen LogP contribution >= 0.6 is 0 Å². The molecule has 4 atom stereocenters. The topological polar surface area (TPSA) is 102 Å². The van der Waals surface area contributed by atoms with E-state index in [-0.39, 0.29) is 4.90 Å². The van der Waals surface area contributed by atoms with Gasteiger partial charge in [0.15, 0.2) is 6.29 Å². The first-order valence-corrected chi connectivity index (χ1v) is 7.76. The molecule has 0 spiro atoms. The molecule has 8 heteroatoms. The lowest BCUT2D eigenvalue weighted by Gasteiger charge is -2.14. The zero-order valence-electron chi connectivity index (χ0n) is 11.7. The molecule has 1 aromatic rings. The Morgan fingerprint density at radius 2 is 1.81 bits per heavy atom. The second-order valence-corrected chi connectivity index (χ2v) is 6.43. The Labute approximate surface area is 123 Å². The third-order valence-corrected chi connectivity index (χ3v) is 4.54. The summed E-state index contributed by atoms with van der Waals surface area (Å²) in [7, 11) is -2.63. The van der Waals surface area contributed by atoms with Crippen molar-refractivity contribution in [3.8, 4) is 0 Å². The van der Waals surface area contributed by atoms with Gasteiger partial charge in [0, 0.05) is 7.11 Å². The summed E-state index contributed by atoms with van der Waals surface area (Å²) < 4.78 is 38.8. The molecule has 21 heavy (non-hydrogen) atoms. The van der Waals surface area contributed by atoms with Gasteiger partial charge in [0.1, 0.15) is 18.3 Å². The number of aliphatic hydroxyl groups is 2. The van der Waals surface area contributed by atoms with Gasteiger partial charge in [0.05, 0.1) is 11.5 Å². The zero-order valence-corrected chi connectivity index (χ0v) is 12.5. The first-order valence-electron chi connectivity index (χ1n) is 6.35. The molecule has 1 saturated heterocycles. The molecule has 118 valence electrons. The first kappa shape index (κ1) is 16.3. The van der Waals surface area contributed by atoms with Crippen molar-refractivity contribution in [2.24, 2.45) is 0 Å². The number of ether oxygens (including phenoxy) is 2. The van der Waals surface area contributed by atoms with Gasteiger partial charge >= 0.3 is 0 Å². The summed E-state index contributed by atoms with van der Waals surface area (Å²) in [6.45, 7) is 1.43. The summed E-state index contributed by atoms with van der Waals surface area (Å²) in [6, 6.07) is 6.18. The van der Waals surface area contributed by atoms with Gasteiger partial charge < -0.3 is 19.7 Å². The van der Waals surface area contributed by atoms with Crippen LogP contribution in [0.3, 0.4) is 0 Å². The maximum absolute atomic E-state index is 12.0. The Morgan fingerprint density at radius 3 is 2.33 bits per heavy atom. The highest BCUT2D eigenvalue weighted by molar-refractivity contribution is 7.86. The highest BCUT2D eigenvalue weighted by Crippen LogP contribution is 2.23. The molecule has 1 aromatic carbocycles. The second-order valence-electron chi connectivity index (χ2n) is 4.81. The largest absolute Gasteiger partial charge is 0.387 e. The van der Waals surface area contributed by atoms with Crippen molar-refractivity contribution in [3.05, 3.63) is 29.8 Å². The maximum Gasteiger partial charge on any atom is 0.297 e. The van der Waals surface area contributed by atoms with Crippen molar-refractivity contribution in [2.75, 3.05) is 13.7 Å². The summed E-state index contributed by atoms with van der Waals surface area (Å²) in [6.07, 6.45) is -4.50. The normalized spacial score (nSPS) is 29.7. The van der Waals surface area contributed by atoms with Crippen LogP contribution in [-0.2, 0) is 23.8 Å². The smallest absolute Gasteiger partial charge is 0.297 e. The fourth-order valence-electron chi connectivity index (χ4n) is 1.98. The molecule has 0 radical (unpaired) electrons. The van der Waals surface area contributed by atoms with Gasteiger partial charge in [-0.25, -0.2) is 0 Å². The third-order valence-electron chi connectivity index (χ3n) is 3.25. The number of aryl methyl sites for hydroxylation is 1. The molecule has 2 N–H and O–H groups in total. The van der Waals surface area contributed by atoms with E-state index in [1.807, 2.05) is 6.92 Å². The second kappa shape index (κ2) is 6.39. The van der Waals surface area contributed by atoms with E-state index in [0.717, 1.165) is 5.56 Å². The van der Waals surface area contributed by atoms with Crippen molar-refractivity contribution in [2.45, 2.75) is 36.4 Å². The summed E-state index contributed by atoms with van der Waals surface area (Å²) in [4.78, 5) is 0.0180. The molecule has 7 nitrogen and oxygen atoms in total. The van der Waals surface area contributed by atoms with Crippen molar-refractivity contribution in [3.63, 3.8) is 0 Å². The lowest BCUT2D eigenvalue weighted by molar-refractivity contribution is -0.151. The van der Waals surface area contributed by atoms with E-state index in [4.69, 9.17) is 13.7 Å². The molecule has 1 aliphatic heterocycles. The van der Waals surface area contributed by atoms with Gasteiger partial charge in [0.2, 0.25) is 0 Å². The average Bonchev–Trinajstić information content (AvgIpc) is 2.73. The molecule has 2 rings (SSSR count). The summed E-state index contributed by atoms with van der Waals surface area (Å²) in [5.74, 6) is 0. The molecule has 4 unspecified atom stereocenters. The standard InChI is InChI=1S/C13H18O7S/c1-8-3-5-9(6-4-8)21(16,17)19-7-10-11(14)12(15)13(18-2)20-10/h3-6,10-15H,7H2,1-2H3. The van der Waals surface area contributed by atoms with Gasteiger partial charge in [-0.2, -0.15) is 8.42 Å². The van der Waals surface area contributed by atoms with E-state index in [0.29, 0.717) is 0 Å². The number of hydrogen-bond acceptors (Lipinski definition) is 7. The fourth-order valence-corrected chi connectivity index (χ4v) is 2.90. The highest BCUT2D eigenvalue weighted by Gasteiger charge is 2.43. The Morgan fingerprint density at radius 1 is 1.19 bits per heavy atom. The quantitative estimate of drug-likeness (QED) is 0.724. The summed E-state index contributed by atoms with van der Waals surface area (Å²) >= 11 is 0. The van der Waals surface area contributed by atoms with E-state index in [1.54, 1.807) is 12.1 Å². The van der Waals surface area contributed by atoms with Crippen LogP contribution in [0.15, 0.2) is 29.2 Å². The SMILES string of the molecule is COC1OC(COS(=O)(=O)c2ccc(C)cc2)C(O)C1O. The number of methoxy groups -OCH3 is 1. The van der Waals surface area contributed by atoms with Gasteiger partial charge in [-0.1, -0.05) is 17.7 Å². The maximum atomic E-state index is 12.0. The Bertz CT molecular complexity index is 569. The van der Waals surface area contributed by atoms with Gasteiger partial charge in [-0.15, -0.1) is 0 Å². The minimum Gasteiger partial charge on any atom is -0.387 e. The fraction of sp³-hybridized carbons (Fsp3) is 0.538. The van der Waals surface area contributed by atoms with Gasteiger partial charge in [0.25, 0.3) is 10.1 Å². The molecular weight excluding hydrogens is 300 g/mol. The van der Waals surface area contributed by atoms with Crippen molar-refractivity contribution < 1.29 is 32.3 Å².